The van der Waals surface area contributed by atoms with Crippen molar-refractivity contribution in [3.63, 3.8) is 0 Å². The molecule has 98 valence electrons. The lowest BCUT2D eigenvalue weighted by atomic mass is 10.1. The minimum atomic E-state index is -0.295. The monoisotopic (exact) mass is 259 g/mol. The van der Waals surface area contributed by atoms with Crippen molar-refractivity contribution >= 4 is 11.8 Å². The van der Waals surface area contributed by atoms with E-state index in [0.717, 1.165) is 5.56 Å². The zero-order valence-corrected chi connectivity index (χ0v) is 10.5. The molecule has 2 amide bonds. The second kappa shape index (κ2) is 5.50. The minimum Gasteiger partial charge on any atom is -0.495 e. The highest BCUT2D eigenvalue weighted by atomic mass is 16.5. The van der Waals surface area contributed by atoms with Crippen molar-refractivity contribution < 1.29 is 14.3 Å². The highest BCUT2D eigenvalue weighted by Gasteiger charge is 2.22. The van der Waals surface area contributed by atoms with Gasteiger partial charge in [0.05, 0.1) is 25.8 Å². The second-order valence-electron chi connectivity index (χ2n) is 4.26. The van der Waals surface area contributed by atoms with Crippen molar-refractivity contribution in [2.24, 2.45) is 0 Å². The number of carbonyl (C=O) groups is 2. The average molecular weight is 259 g/mol. The van der Waals surface area contributed by atoms with Gasteiger partial charge in [-0.1, -0.05) is 6.07 Å². The molecule has 1 aromatic rings. The summed E-state index contributed by atoms with van der Waals surface area (Å²) in [7, 11) is 1.50. The predicted molar refractivity (Wildman–Crippen MR) is 66.1 cm³/mol. The number of ether oxygens (including phenoxy) is 1. The number of hydrogen-bond donors (Lipinski definition) is 1. The molecule has 0 aliphatic carbocycles. The highest BCUT2D eigenvalue weighted by molar-refractivity contribution is 5.99. The molecule has 6 nitrogen and oxygen atoms in total. The lowest BCUT2D eigenvalue weighted by molar-refractivity contribution is -0.136. The number of carbonyl (C=O) groups excluding carboxylic acids is 2. The maximum atomic E-state index is 11.3. The van der Waals surface area contributed by atoms with Gasteiger partial charge in [-0.05, 0) is 17.7 Å². The number of methoxy groups -OCH3 is 1. The van der Waals surface area contributed by atoms with Crippen LogP contribution in [0.2, 0.25) is 0 Å². The molecule has 0 aromatic heterocycles. The van der Waals surface area contributed by atoms with Gasteiger partial charge in [0.2, 0.25) is 11.8 Å². The molecular formula is C13H13N3O3. The summed E-state index contributed by atoms with van der Waals surface area (Å²) < 4.78 is 5.12. The van der Waals surface area contributed by atoms with Crippen LogP contribution in [0.4, 0.5) is 0 Å². The van der Waals surface area contributed by atoms with E-state index in [-0.39, 0.29) is 24.9 Å². The van der Waals surface area contributed by atoms with E-state index >= 15 is 0 Å². The van der Waals surface area contributed by atoms with Crippen LogP contribution in [0.5, 0.6) is 5.75 Å². The average Bonchev–Trinajstić information content (AvgIpc) is 2.37. The number of nitrogens with zero attached hydrogens (tertiary/aromatic N) is 2. The van der Waals surface area contributed by atoms with Crippen LogP contribution in [-0.4, -0.2) is 36.9 Å². The van der Waals surface area contributed by atoms with Crippen LogP contribution in [0.1, 0.15) is 11.1 Å². The maximum absolute atomic E-state index is 11.3. The smallest absolute Gasteiger partial charge is 0.240 e. The second-order valence-corrected chi connectivity index (χ2v) is 4.26. The van der Waals surface area contributed by atoms with E-state index in [4.69, 9.17) is 10.00 Å². The SMILES string of the molecule is COc1cc(CN2CC(=O)NC(=O)C2)ccc1C#N. The molecule has 19 heavy (non-hydrogen) atoms. The summed E-state index contributed by atoms with van der Waals surface area (Å²) in [6.45, 7) is 0.837. The van der Waals surface area contributed by atoms with Crippen molar-refractivity contribution in [1.82, 2.24) is 10.2 Å². The van der Waals surface area contributed by atoms with E-state index in [2.05, 4.69) is 5.32 Å². The fourth-order valence-corrected chi connectivity index (χ4v) is 1.99. The Morgan fingerprint density at radius 3 is 2.63 bits per heavy atom. The third-order valence-corrected chi connectivity index (χ3v) is 2.81. The number of rotatable bonds is 3. The molecule has 1 aliphatic heterocycles. The molecule has 1 N–H and O–H groups in total. The van der Waals surface area contributed by atoms with Gasteiger partial charge >= 0.3 is 0 Å². The summed E-state index contributed by atoms with van der Waals surface area (Å²) in [5.74, 6) is -0.0958. The number of piperazine rings is 1. The van der Waals surface area contributed by atoms with Crippen molar-refractivity contribution in [2.75, 3.05) is 20.2 Å². The van der Waals surface area contributed by atoms with Gasteiger partial charge in [-0.15, -0.1) is 0 Å². The Morgan fingerprint density at radius 1 is 1.37 bits per heavy atom. The zero-order chi connectivity index (χ0) is 13.8. The molecule has 0 saturated carbocycles. The first-order chi connectivity index (χ1) is 9.12. The van der Waals surface area contributed by atoms with E-state index in [1.54, 1.807) is 23.1 Å². The first-order valence-electron chi connectivity index (χ1n) is 5.74. The lowest BCUT2D eigenvalue weighted by Gasteiger charge is -2.25. The van der Waals surface area contributed by atoms with E-state index in [1.807, 2.05) is 6.07 Å². The van der Waals surface area contributed by atoms with Crippen LogP contribution in [0.15, 0.2) is 18.2 Å². The quantitative estimate of drug-likeness (QED) is 0.774. The van der Waals surface area contributed by atoms with Crippen LogP contribution in [0, 0.1) is 11.3 Å². The number of benzene rings is 1. The van der Waals surface area contributed by atoms with Crippen molar-refractivity contribution in [2.45, 2.75) is 6.54 Å². The molecule has 1 aliphatic rings. The molecule has 2 rings (SSSR count). The molecule has 0 atom stereocenters. The minimum absolute atomic E-state index is 0.189. The number of amides is 2. The molecule has 0 unspecified atom stereocenters. The van der Waals surface area contributed by atoms with Crippen LogP contribution in [-0.2, 0) is 16.1 Å². The van der Waals surface area contributed by atoms with Gasteiger partial charge in [-0.25, -0.2) is 0 Å². The van der Waals surface area contributed by atoms with Gasteiger partial charge in [0.1, 0.15) is 11.8 Å². The molecule has 0 spiro atoms. The Morgan fingerprint density at radius 2 is 2.05 bits per heavy atom. The van der Waals surface area contributed by atoms with Crippen LogP contribution in [0.3, 0.4) is 0 Å². The normalized spacial score (nSPS) is 15.8. The summed E-state index contributed by atoms with van der Waals surface area (Å²) >= 11 is 0. The Hall–Kier alpha value is -2.39. The fraction of sp³-hybridized carbons (Fsp3) is 0.308. The van der Waals surface area contributed by atoms with Crippen molar-refractivity contribution in [3.8, 4) is 11.8 Å². The molecule has 6 heteroatoms. The number of nitriles is 1. The molecule has 1 heterocycles. The largest absolute Gasteiger partial charge is 0.495 e. The third kappa shape index (κ3) is 3.09. The lowest BCUT2D eigenvalue weighted by Crippen LogP contribution is -2.50. The molecule has 0 radical (unpaired) electrons. The van der Waals surface area contributed by atoms with Gasteiger partial charge in [0, 0.05) is 6.54 Å². The van der Waals surface area contributed by atoms with E-state index in [0.29, 0.717) is 17.9 Å². The fourth-order valence-electron chi connectivity index (χ4n) is 1.99. The molecule has 1 fully saturated rings. The summed E-state index contributed by atoms with van der Waals surface area (Å²) in [4.78, 5) is 24.3. The van der Waals surface area contributed by atoms with E-state index in [9.17, 15) is 9.59 Å². The Kier molecular flexibility index (Phi) is 3.78. The predicted octanol–water partition coefficient (Wildman–Crippen LogP) is 0.0253. The summed E-state index contributed by atoms with van der Waals surface area (Å²) in [5.41, 5.74) is 1.34. The first-order valence-corrected chi connectivity index (χ1v) is 5.74. The van der Waals surface area contributed by atoms with Crippen LogP contribution < -0.4 is 10.1 Å². The van der Waals surface area contributed by atoms with Gasteiger partial charge < -0.3 is 4.74 Å². The van der Waals surface area contributed by atoms with Crippen molar-refractivity contribution in [3.05, 3.63) is 29.3 Å². The van der Waals surface area contributed by atoms with E-state index in [1.165, 1.54) is 7.11 Å². The standard InChI is InChI=1S/C13H13N3O3/c1-19-11-4-9(2-3-10(11)5-14)6-16-7-12(17)15-13(18)8-16/h2-4H,6-8H2,1H3,(H,15,17,18). The molecule has 1 aromatic carbocycles. The number of imide groups is 1. The number of hydrogen-bond acceptors (Lipinski definition) is 5. The molecular weight excluding hydrogens is 246 g/mol. The van der Waals surface area contributed by atoms with Gasteiger partial charge in [0.25, 0.3) is 0 Å². The van der Waals surface area contributed by atoms with Gasteiger partial charge in [0.15, 0.2) is 0 Å². The Balaban J connectivity index is 2.13. The van der Waals surface area contributed by atoms with Gasteiger partial charge in [-0.3, -0.25) is 19.8 Å². The van der Waals surface area contributed by atoms with Crippen LogP contribution in [0.25, 0.3) is 0 Å². The first kappa shape index (κ1) is 13.1. The molecule has 1 saturated heterocycles. The summed E-state index contributed by atoms with van der Waals surface area (Å²) in [6, 6.07) is 7.24. The Bertz CT molecular complexity index is 547. The third-order valence-electron chi connectivity index (χ3n) is 2.81. The van der Waals surface area contributed by atoms with Crippen molar-refractivity contribution in [1.29, 1.82) is 5.26 Å². The topological polar surface area (TPSA) is 82.4 Å². The zero-order valence-electron chi connectivity index (χ0n) is 10.5. The van der Waals surface area contributed by atoms with Crippen LogP contribution >= 0.6 is 0 Å². The highest BCUT2D eigenvalue weighted by Crippen LogP contribution is 2.20. The summed E-state index contributed by atoms with van der Waals surface area (Å²) in [5, 5.41) is 11.1. The number of nitrogens with one attached hydrogen (secondary N) is 1. The molecule has 0 bridgehead atoms. The Labute approximate surface area is 110 Å². The maximum Gasteiger partial charge on any atom is 0.240 e. The van der Waals surface area contributed by atoms with Gasteiger partial charge in [-0.2, -0.15) is 5.26 Å². The summed E-state index contributed by atoms with van der Waals surface area (Å²) in [6.07, 6.45) is 0. The van der Waals surface area contributed by atoms with E-state index < -0.39 is 0 Å².